The normalized spacial score (nSPS) is 10.5. The van der Waals surface area contributed by atoms with Gasteiger partial charge in [0.1, 0.15) is 6.54 Å². The van der Waals surface area contributed by atoms with E-state index in [1.54, 1.807) is 44.3 Å². The van der Waals surface area contributed by atoms with E-state index < -0.39 is 5.97 Å². The van der Waals surface area contributed by atoms with E-state index >= 15 is 0 Å². The first kappa shape index (κ1) is 15.2. The first-order valence-electron chi connectivity index (χ1n) is 5.87. The molecule has 0 radical (unpaired) electrons. The van der Waals surface area contributed by atoms with E-state index in [9.17, 15) is 9.59 Å². The first-order valence-corrected chi connectivity index (χ1v) is 6.25. The van der Waals surface area contributed by atoms with Gasteiger partial charge in [0.05, 0.1) is 6.61 Å². The molecule has 4 nitrogen and oxygen atoms in total. The third-order valence-corrected chi connectivity index (χ3v) is 2.59. The van der Waals surface area contributed by atoms with Gasteiger partial charge in [-0.1, -0.05) is 23.7 Å². The van der Waals surface area contributed by atoms with Crippen LogP contribution in [-0.2, 0) is 14.3 Å². The van der Waals surface area contributed by atoms with Crippen molar-refractivity contribution in [3.8, 4) is 0 Å². The molecular formula is C14H16ClNO3. The van der Waals surface area contributed by atoms with Gasteiger partial charge in [0, 0.05) is 18.1 Å². The van der Waals surface area contributed by atoms with Crippen LogP contribution in [0.3, 0.4) is 0 Å². The van der Waals surface area contributed by atoms with Gasteiger partial charge in [-0.15, -0.1) is 0 Å². The monoisotopic (exact) mass is 281 g/mol. The van der Waals surface area contributed by atoms with Crippen LogP contribution in [0.15, 0.2) is 30.3 Å². The highest BCUT2D eigenvalue weighted by molar-refractivity contribution is 6.30. The summed E-state index contributed by atoms with van der Waals surface area (Å²) in [6, 6.07) is 7.09. The lowest BCUT2D eigenvalue weighted by Crippen LogP contribution is -2.31. The van der Waals surface area contributed by atoms with Crippen molar-refractivity contribution >= 4 is 29.6 Å². The van der Waals surface area contributed by atoms with Gasteiger partial charge < -0.3 is 9.64 Å². The summed E-state index contributed by atoms with van der Waals surface area (Å²) in [5, 5.41) is 0.642. The van der Waals surface area contributed by atoms with E-state index in [0.29, 0.717) is 11.6 Å². The van der Waals surface area contributed by atoms with Crippen LogP contribution in [0.1, 0.15) is 12.5 Å². The molecule has 0 saturated heterocycles. The number of ether oxygens (including phenoxy) is 1. The van der Waals surface area contributed by atoms with E-state index in [1.165, 1.54) is 11.0 Å². The fraction of sp³-hybridized carbons (Fsp3) is 0.286. The summed E-state index contributed by atoms with van der Waals surface area (Å²) < 4.78 is 4.77. The van der Waals surface area contributed by atoms with Crippen molar-refractivity contribution in [2.75, 3.05) is 20.2 Å². The van der Waals surface area contributed by atoms with Crippen molar-refractivity contribution in [2.24, 2.45) is 0 Å². The zero-order valence-corrected chi connectivity index (χ0v) is 11.7. The number of hydrogen-bond acceptors (Lipinski definition) is 3. The Kier molecular flexibility index (Phi) is 6.09. The number of esters is 1. The number of rotatable bonds is 5. The number of halogens is 1. The minimum Gasteiger partial charge on any atom is -0.465 e. The Morgan fingerprint density at radius 3 is 2.53 bits per heavy atom. The number of benzene rings is 1. The minimum absolute atomic E-state index is 0.0579. The molecule has 0 fully saturated rings. The summed E-state index contributed by atoms with van der Waals surface area (Å²) in [6.07, 6.45) is 3.07. The van der Waals surface area contributed by atoms with Gasteiger partial charge in [0.25, 0.3) is 0 Å². The lowest BCUT2D eigenvalue weighted by molar-refractivity contribution is -0.146. The number of nitrogens with zero attached hydrogens (tertiary/aromatic N) is 1. The highest BCUT2D eigenvalue weighted by Crippen LogP contribution is 2.10. The van der Waals surface area contributed by atoms with Crippen molar-refractivity contribution in [3.05, 3.63) is 40.9 Å². The van der Waals surface area contributed by atoms with Crippen LogP contribution in [0.4, 0.5) is 0 Å². The second-order valence-electron chi connectivity index (χ2n) is 3.88. The van der Waals surface area contributed by atoms with E-state index in [4.69, 9.17) is 16.3 Å². The minimum atomic E-state index is -0.418. The molecule has 1 amide bonds. The molecule has 0 aliphatic rings. The van der Waals surface area contributed by atoms with Crippen LogP contribution in [0.5, 0.6) is 0 Å². The number of hydrogen-bond donors (Lipinski definition) is 0. The van der Waals surface area contributed by atoms with Gasteiger partial charge in [-0.2, -0.15) is 0 Å². The van der Waals surface area contributed by atoms with Crippen molar-refractivity contribution in [2.45, 2.75) is 6.92 Å². The molecule has 0 aromatic heterocycles. The lowest BCUT2D eigenvalue weighted by atomic mass is 10.2. The topological polar surface area (TPSA) is 46.6 Å². The Hall–Kier alpha value is -1.81. The van der Waals surface area contributed by atoms with E-state index in [1.807, 2.05) is 0 Å². The molecule has 1 aromatic carbocycles. The van der Waals surface area contributed by atoms with Crippen molar-refractivity contribution < 1.29 is 14.3 Å². The fourth-order valence-electron chi connectivity index (χ4n) is 1.35. The van der Waals surface area contributed by atoms with Crippen LogP contribution in [-0.4, -0.2) is 37.0 Å². The average molecular weight is 282 g/mol. The van der Waals surface area contributed by atoms with Crippen LogP contribution in [0.25, 0.3) is 6.08 Å². The summed E-state index contributed by atoms with van der Waals surface area (Å²) in [5.41, 5.74) is 0.863. The van der Waals surface area contributed by atoms with Gasteiger partial charge in [-0.05, 0) is 30.7 Å². The maximum Gasteiger partial charge on any atom is 0.325 e. The molecule has 0 spiro atoms. The Bertz CT molecular complexity index is 468. The maximum atomic E-state index is 11.7. The Balaban J connectivity index is 2.54. The molecule has 1 rings (SSSR count). The molecule has 0 aliphatic carbocycles. The molecule has 0 bridgehead atoms. The standard InChI is InChI=1S/C14H16ClNO3/c1-3-19-14(18)10-16(2)13(17)9-6-11-4-7-12(15)8-5-11/h4-9H,3,10H2,1-2H3/b9-6+. The summed E-state index contributed by atoms with van der Waals surface area (Å²) >= 11 is 5.76. The summed E-state index contributed by atoms with van der Waals surface area (Å²) in [6.45, 7) is 1.97. The molecule has 0 heterocycles. The molecule has 102 valence electrons. The van der Waals surface area contributed by atoms with Crippen molar-refractivity contribution in [1.82, 2.24) is 4.90 Å². The second kappa shape index (κ2) is 7.59. The SMILES string of the molecule is CCOC(=O)CN(C)C(=O)/C=C/c1ccc(Cl)cc1. The summed E-state index contributed by atoms with van der Waals surface area (Å²) in [4.78, 5) is 24.2. The van der Waals surface area contributed by atoms with Crippen LogP contribution in [0, 0.1) is 0 Å². The second-order valence-corrected chi connectivity index (χ2v) is 4.32. The Labute approximate surface area is 117 Å². The summed E-state index contributed by atoms with van der Waals surface area (Å²) in [5.74, 6) is -0.679. The predicted octanol–water partition coefficient (Wildman–Crippen LogP) is 2.37. The number of carbonyl (C=O) groups excluding carboxylic acids is 2. The van der Waals surface area contributed by atoms with Gasteiger partial charge in [-0.25, -0.2) is 0 Å². The smallest absolute Gasteiger partial charge is 0.325 e. The number of amides is 1. The van der Waals surface area contributed by atoms with Crippen LogP contribution in [0.2, 0.25) is 5.02 Å². The van der Waals surface area contributed by atoms with E-state index in [0.717, 1.165) is 5.56 Å². The van der Waals surface area contributed by atoms with Crippen molar-refractivity contribution in [3.63, 3.8) is 0 Å². The third-order valence-electron chi connectivity index (χ3n) is 2.34. The number of likely N-dealkylation sites (N-methyl/N-ethyl adjacent to an activating group) is 1. The fourth-order valence-corrected chi connectivity index (χ4v) is 1.47. The van der Waals surface area contributed by atoms with Crippen LogP contribution < -0.4 is 0 Å². The Morgan fingerprint density at radius 2 is 1.95 bits per heavy atom. The maximum absolute atomic E-state index is 11.7. The van der Waals surface area contributed by atoms with Gasteiger partial charge >= 0.3 is 5.97 Å². The molecule has 0 atom stereocenters. The molecule has 0 N–H and O–H groups in total. The average Bonchev–Trinajstić information content (AvgIpc) is 2.37. The first-order chi connectivity index (χ1) is 9.02. The zero-order valence-electron chi connectivity index (χ0n) is 10.9. The van der Waals surface area contributed by atoms with E-state index in [-0.39, 0.29) is 12.5 Å². The van der Waals surface area contributed by atoms with Gasteiger partial charge in [0.15, 0.2) is 0 Å². The molecule has 19 heavy (non-hydrogen) atoms. The number of carbonyl (C=O) groups is 2. The molecule has 0 unspecified atom stereocenters. The van der Waals surface area contributed by atoms with E-state index in [2.05, 4.69) is 0 Å². The highest BCUT2D eigenvalue weighted by atomic mass is 35.5. The third kappa shape index (κ3) is 5.57. The Morgan fingerprint density at radius 1 is 1.32 bits per heavy atom. The van der Waals surface area contributed by atoms with Gasteiger partial charge in [0.2, 0.25) is 5.91 Å². The summed E-state index contributed by atoms with van der Waals surface area (Å²) in [7, 11) is 1.55. The quantitative estimate of drug-likeness (QED) is 0.615. The lowest BCUT2D eigenvalue weighted by Gasteiger charge is -2.13. The largest absolute Gasteiger partial charge is 0.465 e. The van der Waals surface area contributed by atoms with Crippen molar-refractivity contribution in [1.29, 1.82) is 0 Å². The molecule has 0 aliphatic heterocycles. The molecule has 0 saturated carbocycles. The molecular weight excluding hydrogens is 266 g/mol. The predicted molar refractivity (Wildman–Crippen MR) is 74.8 cm³/mol. The molecule has 5 heteroatoms. The molecule has 1 aromatic rings. The highest BCUT2D eigenvalue weighted by Gasteiger charge is 2.10. The zero-order chi connectivity index (χ0) is 14.3. The van der Waals surface area contributed by atoms with Crippen LogP contribution >= 0.6 is 11.6 Å². The van der Waals surface area contributed by atoms with Gasteiger partial charge in [-0.3, -0.25) is 9.59 Å².